The molecule has 1 heteroatoms. The van der Waals surface area contributed by atoms with Crippen LogP contribution in [0.5, 0.6) is 0 Å². The van der Waals surface area contributed by atoms with Crippen molar-refractivity contribution in [3.63, 3.8) is 0 Å². The Balaban J connectivity index is 2.69. The lowest BCUT2D eigenvalue weighted by Crippen LogP contribution is -1.82. The predicted molar refractivity (Wildman–Crippen MR) is 48.2 cm³/mol. The first-order valence-corrected chi connectivity index (χ1v) is 3.88. The minimum atomic E-state index is 1.21. The van der Waals surface area contributed by atoms with Crippen LogP contribution in [0.15, 0.2) is 24.3 Å². The van der Waals surface area contributed by atoms with Crippen molar-refractivity contribution in [2.45, 2.75) is 19.7 Å². The Bertz CT molecular complexity index is 188. The van der Waals surface area contributed by atoms with E-state index in [9.17, 15) is 0 Å². The maximum absolute atomic E-state index is 2.21. The van der Waals surface area contributed by atoms with E-state index < -0.39 is 0 Å². The van der Waals surface area contributed by atoms with Gasteiger partial charge in [0.15, 0.2) is 0 Å². The molecular formula is C9H13B. The molecule has 0 aliphatic heterocycles. The van der Waals surface area contributed by atoms with E-state index in [0.717, 1.165) is 0 Å². The van der Waals surface area contributed by atoms with Gasteiger partial charge in [-0.15, -0.1) is 0 Å². The van der Waals surface area contributed by atoms with E-state index in [4.69, 9.17) is 0 Å². The van der Waals surface area contributed by atoms with Crippen molar-refractivity contribution < 1.29 is 0 Å². The lowest BCUT2D eigenvalue weighted by molar-refractivity contribution is 1.13. The Morgan fingerprint density at radius 2 is 1.80 bits per heavy atom. The molecule has 0 aromatic heterocycles. The molecule has 0 saturated heterocycles. The van der Waals surface area contributed by atoms with Gasteiger partial charge in [-0.3, -0.25) is 0 Å². The standard InChI is InChI=1S/C9H13B/c1-8-2-4-9(5-3-8)6-7-10/h2-5H,6-7,10H2,1H3. The summed E-state index contributed by atoms with van der Waals surface area (Å²) in [6.07, 6.45) is 2.45. The number of hydrogen-bond acceptors (Lipinski definition) is 0. The average Bonchev–Trinajstić information content (AvgIpc) is 1.95. The van der Waals surface area contributed by atoms with Crippen LogP contribution in [0.4, 0.5) is 0 Å². The van der Waals surface area contributed by atoms with E-state index in [0.29, 0.717) is 0 Å². The summed E-state index contributed by atoms with van der Waals surface area (Å²) < 4.78 is 0. The van der Waals surface area contributed by atoms with Crippen LogP contribution in [-0.4, -0.2) is 7.85 Å². The van der Waals surface area contributed by atoms with Crippen LogP contribution in [-0.2, 0) is 6.42 Å². The molecule has 0 saturated carbocycles. The largest absolute Gasteiger partial charge is 0.101 e. The second-order valence-electron chi connectivity index (χ2n) is 2.74. The number of benzene rings is 1. The fraction of sp³-hybridized carbons (Fsp3) is 0.333. The van der Waals surface area contributed by atoms with Gasteiger partial charge >= 0.3 is 0 Å². The SMILES string of the molecule is BCCc1ccc(C)cc1. The molecule has 0 spiro atoms. The second-order valence-corrected chi connectivity index (χ2v) is 2.74. The Morgan fingerprint density at radius 1 is 1.20 bits per heavy atom. The van der Waals surface area contributed by atoms with Gasteiger partial charge in [0.05, 0.1) is 0 Å². The van der Waals surface area contributed by atoms with E-state index in [1.165, 1.54) is 23.9 Å². The molecule has 0 aliphatic carbocycles. The monoisotopic (exact) mass is 132 g/mol. The molecule has 0 radical (unpaired) electrons. The maximum atomic E-state index is 2.21. The molecule has 1 rings (SSSR count). The van der Waals surface area contributed by atoms with E-state index >= 15 is 0 Å². The van der Waals surface area contributed by atoms with Crippen LogP contribution in [0.1, 0.15) is 11.1 Å². The van der Waals surface area contributed by atoms with Crippen molar-refractivity contribution in [1.29, 1.82) is 0 Å². The normalized spacial score (nSPS) is 9.70. The highest BCUT2D eigenvalue weighted by molar-refractivity contribution is 6.08. The first-order valence-electron chi connectivity index (χ1n) is 3.88. The van der Waals surface area contributed by atoms with Gasteiger partial charge in [0.2, 0.25) is 0 Å². The number of aryl methyl sites for hydroxylation is 2. The molecule has 0 aliphatic rings. The van der Waals surface area contributed by atoms with Gasteiger partial charge in [-0.1, -0.05) is 36.1 Å². The summed E-state index contributed by atoms with van der Waals surface area (Å²) in [5, 5.41) is 0. The summed E-state index contributed by atoms with van der Waals surface area (Å²) in [7, 11) is 2.21. The van der Waals surface area contributed by atoms with Crippen molar-refractivity contribution >= 4 is 7.85 Å². The first kappa shape index (κ1) is 7.39. The van der Waals surface area contributed by atoms with Crippen molar-refractivity contribution in [3.8, 4) is 0 Å². The Labute approximate surface area is 63.7 Å². The van der Waals surface area contributed by atoms with Gasteiger partial charge in [0.25, 0.3) is 0 Å². The summed E-state index contributed by atoms with van der Waals surface area (Å²) in [4.78, 5) is 0. The molecular weight excluding hydrogens is 119 g/mol. The Kier molecular flexibility index (Phi) is 2.55. The topological polar surface area (TPSA) is 0 Å². The zero-order valence-electron chi connectivity index (χ0n) is 6.72. The summed E-state index contributed by atoms with van der Waals surface area (Å²) in [5.74, 6) is 0. The molecule has 0 amide bonds. The van der Waals surface area contributed by atoms with Crippen molar-refractivity contribution in [2.24, 2.45) is 0 Å². The third-order valence-electron chi connectivity index (χ3n) is 1.66. The van der Waals surface area contributed by atoms with E-state index in [1.54, 1.807) is 0 Å². The minimum absolute atomic E-state index is 1.21. The third-order valence-corrected chi connectivity index (χ3v) is 1.66. The van der Waals surface area contributed by atoms with Crippen LogP contribution in [0.25, 0.3) is 0 Å². The average molecular weight is 132 g/mol. The highest BCUT2D eigenvalue weighted by Gasteiger charge is 1.88. The molecule has 0 bridgehead atoms. The summed E-state index contributed by atoms with van der Waals surface area (Å²) in [6, 6.07) is 8.76. The maximum Gasteiger partial charge on any atom is 0.101 e. The van der Waals surface area contributed by atoms with Gasteiger partial charge in [-0.2, -0.15) is 0 Å². The molecule has 10 heavy (non-hydrogen) atoms. The van der Waals surface area contributed by atoms with Crippen molar-refractivity contribution in [2.75, 3.05) is 0 Å². The molecule has 0 unspecified atom stereocenters. The smallest absolute Gasteiger partial charge is 0.0771 e. The van der Waals surface area contributed by atoms with Gasteiger partial charge < -0.3 is 0 Å². The third kappa shape index (κ3) is 1.91. The quantitative estimate of drug-likeness (QED) is 0.536. The Morgan fingerprint density at radius 3 is 2.30 bits per heavy atom. The van der Waals surface area contributed by atoms with Crippen molar-refractivity contribution in [3.05, 3.63) is 35.4 Å². The van der Waals surface area contributed by atoms with Crippen LogP contribution < -0.4 is 0 Å². The fourth-order valence-corrected chi connectivity index (χ4v) is 1.04. The van der Waals surface area contributed by atoms with Gasteiger partial charge in [-0.05, 0) is 18.9 Å². The molecule has 1 aromatic rings. The highest BCUT2D eigenvalue weighted by Crippen LogP contribution is 2.04. The molecule has 1 aromatic carbocycles. The minimum Gasteiger partial charge on any atom is -0.0771 e. The lowest BCUT2D eigenvalue weighted by Gasteiger charge is -1.97. The number of rotatable bonds is 2. The Hall–Kier alpha value is -0.715. The molecule has 0 nitrogen and oxygen atoms in total. The summed E-state index contributed by atoms with van der Waals surface area (Å²) in [6.45, 7) is 2.12. The lowest BCUT2D eigenvalue weighted by atomic mass is 9.97. The molecule has 0 fully saturated rings. The van der Waals surface area contributed by atoms with Crippen LogP contribution in [0.2, 0.25) is 6.32 Å². The van der Waals surface area contributed by atoms with Crippen LogP contribution in [0, 0.1) is 6.92 Å². The van der Waals surface area contributed by atoms with Gasteiger partial charge in [-0.25, -0.2) is 0 Å². The zero-order valence-corrected chi connectivity index (χ0v) is 6.72. The summed E-state index contributed by atoms with van der Waals surface area (Å²) >= 11 is 0. The van der Waals surface area contributed by atoms with Gasteiger partial charge in [0.1, 0.15) is 7.85 Å². The molecule has 0 heterocycles. The van der Waals surface area contributed by atoms with Gasteiger partial charge in [0, 0.05) is 0 Å². The summed E-state index contributed by atoms with van der Waals surface area (Å²) in [5.41, 5.74) is 2.80. The van der Waals surface area contributed by atoms with E-state index in [2.05, 4.69) is 39.0 Å². The second kappa shape index (κ2) is 3.45. The molecule has 52 valence electrons. The van der Waals surface area contributed by atoms with Crippen LogP contribution >= 0.6 is 0 Å². The zero-order chi connectivity index (χ0) is 7.40. The van der Waals surface area contributed by atoms with Crippen LogP contribution in [0.3, 0.4) is 0 Å². The molecule has 0 atom stereocenters. The van der Waals surface area contributed by atoms with E-state index in [-0.39, 0.29) is 0 Å². The predicted octanol–water partition coefficient (Wildman–Crippen LogP) is 1.59. The fourth-order valence-electron chi connectivity index (χ4n) is 1.04. The molecule has 0 N–H and O–H groups in total. The number of hydrogen-bond donors (Lipinski definition) is 0. The van der Waals surface area contributed by atoms with E-state index in [1.807, 2.05) is 0 Å². The van der Waals surface area contributed by atoms with Crippen molar-refractivity contribution in [1.82, 2.24) is 0 Å². The first-order chi connectivity index (χ1) is 4.83. The highest BCUT2D eigenvalue weighted by atomic mass is 13.9.